The molecule has 0 radical (unpaired) electrons. The lowest BCUT2D eigenvalue weighted by Crippen LogP contribution is -2.08. The van der Waals surface area contributed by atoms with Gasteiger partial charge in [-0.25, -0.2) is 0 Å². The molecular weight excluding hydrogens is 202 g/mol. The average molecular weight is 215 g/mol. The molecule has 0 saturated carbocycles. The van der Waals surface area contributed by atoms with Crippen LogP contribution in [0.25, 0.3) is 10.9 Å². The molecule has 1 aromatic carbocycles. The van der Waals surface area contributed by atoms with Crippen molar-refractivity contribution in [1.29, 1.82) is 0 Å². The number of hydrogen-bond acceptors (Lipinski definition) is 3. The highest BCUT2D eigenvalue weighted by Crippen LogP contribution is 2.16. The van der Waals surface area contributed by atoms with Crippen molar-refractivity contribution in [1.82, 2.24) is 4.98 Å². The molecule has 0 saturated heterocycles. The minimum absolute atomic E-state index is 0.208. The first-order valence-electron chi connectivity index (χ1n) is 5.29. The summed E-state index contributed by atoms with van der Waals surface area (Å²) in [6.45, 7) is 2.22. The van der Waals surface area contributed by atoms with Crippen molar-refractivity contribution in [3.63, 3.8) is 0 Å². The van der Waals surface area contributed by atoms with Crippen LogP contribution in [0.15, 0.2) is 36.5 Å². The van der Waals surface area contributed by atoms with E-state index in [1.807, 2.05) is 30.3 Å². The van der Waals surface area contributed by atoms with E-state index in [2.05, 4.69) is 4.98 Å². The number of carbonyl (C=O) groups excluding carboxylic acids is 1. The number of aromatic nitrogens is 1. The van der Waals surface area contributed by atoms with Gasteiger partial charge in [-0.2, -0.15) is 0 Å². The monoisotopic (exact) mass is 215 g/mol. The summed E-state index contributed by atoms with van der Waals surface area (Å²) in [7, 11) is 0. The van der Waals surface area contributed by atoms with Crippen LogP contribution in [-0.2, 0) is 16.0 Å². The summed E-state index contributed by atoms with van der Waals surface area (Å²) < 4.78 is 4.93. The molecule has 3 heteroatoms. The van der Waals surface area contributed by atoms with Gasteiger partial charge in [-0.05, 0) is 18.6 Å². The number of esters is 1. The third-order valence-corrected chi connectivity index (χ3v) is 2.36. The second-order valence-corrected chi connectivity index (χ2v) is 3.47. The second-order valence-electron chi connectivity index (χ2n) is 3.47. The van der Waals surface area contributed by atoms with Gasteiger partial charge in [-0.15, -0.1) is 0 Å². The number of pyridine rings is 1. The van der Waals surface area contributed by atoms with Gasteiger partial charge in [-0.1, -0.05) is 24.3 Å². The maximum absolute atomic E-state index is 11.4. The Kier molecular flexibility index (Phi) is 3.15. The Morgan fingerprint density at radius 2 is 2.12 bits per heavy atom. The van der Waals surface area contributed by atoms with E-state index in [1.165, 1.54) is 0 Å². The van der Waals surface area contributed by atoms with E-state index >= 15 is 0 Å². The maximum atomic E-state index is 11.4. The zero-order chi connectivity index (χ0) is 11.4. The van der Waals surface area contributed by atoms with Crippen molar-refractivity contribution in [2.75, 3.05) is 6.61 Å². The number of ether oxygens (including phenoxy) is 1. The Balaban J connectivity index is 2.33. The summed E-state index contributed by atoms with van der Waals surface area (Å²) in [5.41, 5.74) is 1.79. The van der Waals surface area contributed by atoms with Crippen molar-refractivity contribution in [3.05, 3.63) is 42.1 Å². The summed E-state index contributed by atoms with van der Waals surface area (Å²) in [6.07, 6.45) is 2.01. The molecule has 0 aliphatic heterocycles. The van der Waals surface area contributed by atoms with E-state index in [1.54, 1.807) is 13.1 Å². The first kappa shape index (κ1) is 10.6. The molecule has 0 fully saturated rings. The lowest BCUT2D eigenvalue weighted by molar-refractivity contribution is -0.142. The summed E-state index contributed by atoms with van der Waals surface area (Å²) in [6, 6.07) is 9.69. The van der Waals surface area contributed by atoms with Gasteiger partial charge in [0.25, 0.3) is 0 Å². The molecule has 82 valence electrons. The SMILES string of the molecule is CCOC(=O)Cc1cccc2cccnc12. The summed E-state index contributed by atoms with van der Waals surface area (Å²) >= 11 is 0. The van der Waals surface area contributed by atoms with E-state index in [0.717, 1.165) is 16.5 Å². The van der Waals surface area contributed by atoms with E-state index in [0.29, 0.717) is 6.61 Å². The third-order valence-electron chi connectivity index (χ3n) is 2.36. The van der Waals surface area contributed by atoms with Gasteiger partial charge in [0.2, 0.25) is 0 Å². The minimum Gasteiger partial charge on any atom is -0.466 e. The topological polar surface area (TPSA) is 39.2 Å². The van der Waals surface area contributed by atoms with Gasteiger partial charge in [0.15, 0.2) is 0 Å². The maximum Gasteiger partial charge on any atom is 0.310 e. The Morgan fingerprint density at radius 1 is 1.31 bits per heavy atom. The number of fused-ring (bicyclic) bond motifs is 1. The first-order valence-corrected chi connectivity index (χ1v) is 5.29. The van der Waals surface area contributed by atoms with Gasteiger partial charge in [0.05, 0.1) is 18.5 Å². The molecule has 2 aromatic rings. The van der Waals surface area contributed by atoms with Crippen molar-refractivity contribution < 1.29 is 9.53 Å². The number of carbonyl (C=O) groups is 1. The third kappa shape index (κ3) is 2.19. The van der Waals surface area contributed by atoms with Crippen LogP contribution in [0.3, 0.4) is 0 Å². The van der Waals surface area contributed by atoms with Crippen LogP contribution in [0.2, 0.25) is 0 Å². The molecule has 1 aromatic heterocycles. The zero-order valence-electron chi connectivity index (χ0n) is 9.14. The molecule has 0 unspecified atom stereocenters. The fourth-order valence-corrected chi connectivity index (χ4v) is 1.68. The van der Waals surface area contributed by atoms with E-state index < -0.39 is 0 Å². The van der Waals surface area contributed by atoms with Gasteiger partial charge >= 0.3 is 5.97 Å². The smallest absolute Gasteiger partial charge is 0.310 e. The molecule has 1 heterocycles. The van der Waals surface area contributed by atoms with Crippen LogP contribution in [0.1, 0.15) is 12.5 Å². The van der Waals surface area contributed by atoms with Crippen molar-refractivity contribution >= 4 is 16.9 Å². The molecule has 0 bridgehead atoms. The van der Waals surface area contributed by atoms with Crippen LogP contribution in [0.4, 0.5) is 0 Å². The van der Waals surface area contributed by atoms with Crippen molar-refractivity contribution in [3.8, 4) is 0 Å². The number of benzene rings is 1. The normalized spacial score (nSPS) is 10.3. The highest BCUT2D eigenvalue weighted by molar-refractivity contribution is 5.85. The van der Waals surface area contributed by atoms with Crippen molar-refractivity contribution in [2.45, 2.75) is 13.3 Å². The average Bonchev–Trinajstić information content (AvgIpc) is 2.30. The molecule has 0 amide bonds. The molecular formula is C13H13NO2. The quantitative estimate of drug-likeness (QED) is 0.738. The first-order chi connectivity index (χ1) is 7.81. The molecule has 0 aliphatic carbocycles. The molecule has 0 N–H and O–H groups in total. The zero-order valence-corrected chi connectivity index (χ0v) is 9.14. The van der Waals surface area contributed by atoms with E-state index in [9.17, 15) is 4.79 Å². The van der Waals surface area contributed by atoms with Crippen LogP contribution in [0.5, 0.6) is 0 Å². The number of nitrogens with zero attached hydrogens (tertiary/aromatic N) is 1. The van der Waals surface area contributed by atoms with Crippen LogP contribution >= 0.6 is 0 Å². The summed E-state index contributed by atoms with van der Waals surface area (Å²) in [5, 5.41) is 1.05. The van der Waals surface area contributed by atoms with Crippen LogP contribution < -0.4 is 0 Å². The van der Waals surface area contributed by atoms with Crippen LogP contribution in [-0.4, -0.2) is 17.6 Å². The Morgan fingerprint density at radius 3 is 2.94 bits per heavy atom. The fourth-order valence-electron chi connectivity index (χ4n) is 1.68. The Bertz CT molecular complexity index is 503. The van der Waals surface area contributed by atoms with E-state index in [4.69, 9.17) is 4.74 Å². The van der Waals surface area contributed by atoms with E-state index in [-0.39, 0.29) is 12.4 Å². The molecule has 3 nitrogen and oxygen atoms in total. The van der Waals surface area contributed by atoms with Gasteiger partial charge in [-0.3, -0.25) is 9.78 Å². The van der Waals surface area contributed by atoms with Crippen molar-refractivity contribution in [2.24, 2.45) is 0 Å². The van der Waals surface area contributed by atoms with Gasteiger partial charge in [0, 0.05) is 11.6 Å². The summed E-state index contributed by atoms with van der Waals surface area (Å²) in [5.74, 6) is -0.208. The van der Waals surface area contributed by atoms with Gasteiger partial charge < -0.3 is 4.74 Å². The number of para-hydroxylation sites is 1. The lowest BCUT2D eigenvalue weighted by Gasteiger charge is -2.05. The highest BCUT2D eigenvalue weighted by atomic mass is 16.5. The highest BCUT2D eigenvalue weighted by Gasteiger charge is 2.07. The van der Waals surface area contributed by atoms with Crippen LogP contribution in [0, 0.1) is 0 Å². The number of hydrogen-bond donors (Lipinski definition) is 0. The minimum atomic E-state index is -0.208. The Labute approximate surface area is 94.1 Å². The standard InChI is InChI=1S/C13H13NO2/c1-2-16-12(15)9-11-6-3-5-10-7-4-8-14-13(10)11/h3-8H,2,9H2,1H3. The largest absolute Gasteiger partial charge is 0.466 e. The Hall–Kier alpha value is -1.90. The fraction of sp³-hybridized carbons (Fsp3) is 0.231. The molecule has 0 aliphatic rings. The molecule has 2 rings (SSSR count). The predicted molar refractivity (Wildman–Crippen MR) is 62.1 cm³/mol. The molecule has 16 heavy (non-hydrogen) atoms. The predicted octanol–water partition coefficient (Wildman–Crippen LogP) is 2.34. The lowest BCUT2D eigenvalue weighted by atomic mass is 10.1. The second kappa shape index (κ2) is 4.75. The molecule has 0 spiro atoms. The summed E-state index contributed by atoms with van der Waals surface area (Å²) in [4.78, 5) is 15.7. The van der Waals surface area contributed by atoms with Gasteiger partial charge in [0.1, 0.15) is 0 Å². The molecule has 0 atom stereocenters. The number of rotatable bonds is 3.